The molecule has 2 atom stereocenters. The largest absolute Gasteiger partial charge is 0.497 e. The highest BCUT2D eigenvalue weighted by Gasteiger charge is 2.36. The number of benzene rings is 3. The second-order valence-corrected chi connectivity index (χ2v) is 10.7. The fourth-order valence-electron chi connectivity index (χ4n) is 5.68. The summed E-state index contributed by atoms with van der Waals surface area (Å²) < 4.78 is 11.7. The van der Waals surface area contributed by atoms with Crippen molar-refractivity contribution in [3.8, 4) is 22.6 Å². The zero-order valence-corrected chi connectivity index (χ0v) is 21.9. The fraction of sp³-hybridized carbons (Fsp3) is 0.406. The number of hydrogen-bond donors (Lipinski definition) is 1. The molecule has 0 saturated heterocycles. The molecule has 0 radical (unpaired) electrons. The molecule has 1 N–H and O–H groups in total. The molecule has 1 aliphatic carbocycles. The Kier molecular flexibility index (Phi) is 8.03. The van der Waals surface area contributed by atoms with Gasteiger partial charge in [0.05, 0.1) is 13.5 Å². The monoisotopic (exact) mass is 486 g/mol. The van der Waals surface area contributed by atoms with E-state index in [1.807, 2.05) is 37.3 Å². The van der Waals surface area contributed by atoms with Crippen molar-refractivity contribution in [1.82, 2.24) is 0 Å². The van der Waals surface area contributed by atoms with Gasteiger partial charge in [-0.2, -0.15) is 0 Å². The Balaban J connectivity index is 1.61. The summed E-state index contributed by atoms with van der Waals surface area (Å²) in [6, 6.07) is 22.9. The van der Waals surface area contributed by atoms with Crippen molar-refractivity contribution in [2.45, 2.75) is 71.3 Å². The summed E-state index contributed by atoms with van der Waals surface area (Å²) >= 11 is 0. The van der Waals surface area contributed by atoms with Crippen molar-refractivity contribution in [2.75, 3.05) is 7.11 Å². The van der Waals surface area contributed by atoms with E-state index in [0.717, 1.165) is 29.0 Å². The van der Waals surface area contributed by atoms with Crippen molar-refractivity contribution < 1.29 is 19.4 Å². The van der Waals surface area contributed by atoms with Crippen LogP contribution < -0.4 is 9.47 Å². The molecule has 3 aromatic rings. The summed E-state index contributed by atoms with van der Waals surface area (Å²) in [4.78, 5) is 11.3. The molecular weight excluding hydrogens is 448 g/mol. The number of carboxylic acids is 1. The van der Waals surface area contributed by atoms with Crippen LogP contribution in [0.15, 0.2) is 66.7 Å². The van der Waals surface area contributed by atoms with Crippen molar-refractivity contribution in [3.05, 3.63) is 83.4 Å². The first-order chi connectivity index (χ1) is 17.3. The van der Waals surface area contributed by atoms with Gasteiger partial charge in [-0.1, -0.05) is 69.7 Å². The fourth-order valence-corrected chi connectivity index (χ4v) is 5.68. The molecule has 0 bridgehead atoms. The lowest BCUT2D eigenvalue weighted by atomic mass is 9.75. The van der Waals surface area contributed by atoms with Crippen LogP contribution in [-0.4, -0.2) is 18.2 Å². The lowest BCUT2D eigenvalue weighted by Crippen LogP contribution is -2.16. The topological polar surface area (TPSA) is 55.8 Å². The Labute approximate surface area is 215 Å². The maximum atomic E-state index is 11.3. The molecule has 36 heavy (non-hydrogen) atoms. The van der Waals surface area contributed by atoms with Crippen molar-refractivity contribution in [2.24, 2.45) is 5.41 Å². The first kappa shape index (κ1) is 25.8. The molecule has 4 nitrogen and oxygen atoms in total. The maximum absolute atomic E-state index is 11.3. The van der Waals surface area contributed by atoms with Gasteiger partial charge in [0, 0.05) is 0 Å². The Bertz CT molecular complexity index is 1200. The number of methoxy groups -OCH3 is 1. The molecular formula is C32H38O4. The van der Waals surface area contributed by atoms with Crippen LogP contribution in [0, 0.1) is 5.41 Å². The third-order valence-corrected chi connectivity index (χ3v) is 7.78. The lowest BCUT2D eigenvalue weighted by molar-refractivity contribution is -0.137. The van der Waals surface area contributed by atoms with Gasteiger partial charge in [0.15, 0.2) is 0 Å². The van der Waals surface area contributed by atoms with Gasteiger partial charge in [-0.3, -0.25) is 4.79 Å². The Hall–Kier alpha value is -3.27. The summed E-state index contributed by atoms with van der Waals surface area (Å²) in [5.74, 6) is 1.35. The molecule has 0 aromatic heterocycles. The highest BCUT2D eigenvalue weighted by molar-refractivity contribution is 5.70. The molecule has 1 fully saturated rings. The molecule has 1 unspecified atom stereocenters. The number of carbonyl (C=O) groups is 1. The van der Waals surface area contributed by atoms with Crippen molar-refractivity contribution in [3.63, 3.8) is 0 Å². The van der Waals surface area contributed by atoms with Crippen molar-refractivity contribution >= 4 is 5.97 Å². The first-order valence-electron chi connectivity index (χ1n) is 13.0. The van der Waals surface area contributed by atoms with E-state index < -0.39 is 5.97 Å². The van der Waals surface area contributed by atoms with Gasteiger partial charge in [-0.25, -0.2) is 0 Å². The van der Waals surface area contributed by atoms with Gasteiger partial charge in [0.2, 0.25) is 0 Å². The van der Waals surface area contributed by atoms with Gasteiger partial charge < -0.3 is 14.6 Å². The van der Waals surface area contributed by atoms with E-state index in [-0.39, 0.29) is 17.8 Å². The lowest BCUT2D eigenvalue weighted by Gasteiger charge is -2.30. The van der Waals surface area contributed by atoms with Gasteiger partial charge in [0.1, 0.15) is 18.1 Å². The van der Waals surface area contributed by atoms with E-state index in [9.17, 15) is 9.90 Å². The summed E-state index contributed by atoms with van der Waals surface area (Å²) in [5.41, 5.74) is 6.23. The highest BCUT2D eigenvalue weighted by atomic mass is 16.5. The standard InChI is InChI=1S/C32H38O4/c1-5-23(20-31(33)34)24-9-6-12-27(18-24)36-21-22-14-15-28(25-10-7-11-26(19-25)35-4)29(17-22)30-13-8-16-32(30,2)3/h6-7,9-12,14-15,17-19,23,30H,5,8,13,16,20-21H2,1-4H3,(H,33,34)/t23-,30?/m0/s1. The third kappa shape index (κ3) is 5.92. The SMILES string of the molecule is CC[C@@H](CC(=O)O)c1cccc(OCc2ccc(-c3cccc(OC)c3)c(C3CCCC3(C)C)c2)c1. The molecule has 3 aromatic carbocycles. The quantitative estimate of drug-likeness (QED) is 0.314. The number of rotatable bonds is 10. The predicted molar refractivity (Wildman–Crippen MR) is 145 cm³/mol. The van der Waals surface area contributed by atoms with Crippen LogP contribution in [0.25, 0.3) is 11.1 Å². The molecule has 0 spiro atoms. The van der Waals surface area contributed by atoms with E-state index in [1.54, 1.807) is 7.11 Å². The first-order valence-corrected chi connectivity index (χ1v) is 13.0. The summed E-state index contributed by atoms with van der Waals surface area (Å²) in [7, 11) is 1.71. The molecule has 1 saturated carbocycles. The van der Waals surface area contributed by atoms with Crippen molar-refractivity contribution in [1.29, 1.82) is 0 Å². The summed E-state index contributed by atoms with van der Waals surface area (Å²) in [6.07, 6.45) is 4.59. The zero-order chi connectivity index (χ0) is 25.7. The molecule has 0 aliphatic heterocycles. The minimum absolute atomic E-state index is 0.00982. The Morgan fingerprint density at radius 2 is 1.83 bits per heavy atom. The van der Waals surface area contributed by atoms with E-state index in [0.29, 0.717) is 12.5 Å². The molecule has 0 heterocycles. The maximum Gasteiger partial charge on any atom is 0.303 e. The molecule has 1 aliphatic rings. The Morgan fingerprint density at radius 1 is 1.06 bits per heavy atom. The van der Waals surface area contributed by atoms with Gasteiger partial charge in [0.25, 0.3) is 0 Å². The summed E-state index contributed by atoms with van der Waals surface area (Å²) in [6.45, 7) is 7.26. The predicted octanol–water partition coefficient (Wildman–Crippen LogP) is 8.20. The molecule has 190 valence electrons. The van der Waals surface area contributed by atoms with Crippen LogP contribution in [0.5, 0.6) is 11.5 Å². The van der Waals surface area contributed by atoms with Crippen LogP contribution in [-0.2, 0) is 11.4 Å². The number of carboxylic acid groups (broad SMARTS) is 1. The van der Waals surface area contributed by atoms with Crippen LogP contribution in [0.4, 0.5) is 0 Å². The molecule has 0 amide bonds. The second kappa shape index (κ2) is 11.2. The smallest absolute Gasteiger partial charge is 0.303 e. The van der Waals surface area contributed by atoms with Crippen LogP contribution in [0.1, 0.15) is 81.4 Å². The van der Waals surface area contributed by atoms with E-state index in [4.69, 9.17) is 9.47 Å². The van der Waals surface area contributed by atoms with E-state index in [2.05, 4.69) is 50.2 Å². The average molecular weight is 487 g/mol. The van der Waals surface area contributed by atoms with Crippen LogP contribution in [0.2, 0.25) is 0 Å². The average Bonchev–Trinajstić information content (AvgIpc) is 3.24. The van der Waals surface area contributed by atoms with Gasteiger partial charge in [-0.15, -0.1) is 0 Å². The molecule has 4 rings (SSSR count). The van der Waals surface area contributed by atoms with E-state index >= 15 is 0 Å². The number of ether oxygens (including phenoxy) is 2. The third-order valence-electron chi connectivity index (χ3n) is 7.78. The minimum atomic E-state index is -0.772. The number of aliphatic carboxylic acids is 1. The molecule has 4 heteroatoms. The van der Waals surface area contributed by atoms with Gasteiger partial charge in [-0.05, 0) is 88.6 Å². The van der Waals surface area contributed by atoms with E-state index in [1.165, 1.54) is 36.0 Å². The normalized spacial score (nSPS) is 17.5. The van der Waals surface area contributed by atoms with Crippen LogP contribution in [0.3, 0.4) is 0 Å². The summed E-state index contributed by atoms with van der Waals surface area (Å²) in [5, 5.41) is 9.25. The minimum Gasteiger partial charge on any atom is -0.497 e. The highest BCUT2D eigenvalue weighted by Crippen LogP contribution is 2.51. The van der Waals surface area contributed by atoms with Crippen LogP contribution >= 0.6 is 0 Å². The zero-order valence-electron chi connectivity index (χ0n) is 21.9. The number of hydrogen-bond acceptors (Lipinski definition) is 3. The van der Waals surface area contributed by atoms with Gasteiger partial charge >= 0.3 is 5.97 Å². The second-order valence-electron chi connectivity index (χ2n) is 10.7. The Morgan fingerprint density at radius 3 is 2.53 bits per heavy atom.